The van der Waals surface area contributed by atoms with Crippen LogP contribution in [0.25, 0.3) is 29.0 Å². The van der Waals surface area contributed by atoms with Gasteiger partial charge in [0.1, 0.15) is 0 Å². The predicted octanol–water partition coefficient (Wildman–Crippen LogP) is 4.55. The van der Waals surface area contributed by atoms with Crippen LogP contribution in [0.2, 0.25) is 0 Å². The molecule has 5 rings (SSSR count). The molecule has 0 atom stereocenters. The van der Waals surface area contributed by atoms with Gasteiger partial charge in [-0.1, -0.05) is 48.6 Å². The molecule has 0 saturated heterocycles. The molecule has 0 nitrogen and oxygen atoms in total. The molecule has 0 radical (unpaired) electrons. The molecule has 3 aliphatic carbocycles. The van der Waals surface area contributed by atoms with Gasteiger partial charge in [0.15, 0.2) is 0 Å². The van der Waals surface area contributed by atoms with Gasteiger partial charge < -0.3 is 0 Å². The maximum Gasteiger partial charge on any atom is -0.00271 e. The maximum atomic E-state index is 2.34. The Bertz CT molecular complexity index is 829. The normalized spacial score (nSPS) is 17.3. The molecule has 0 aromatic heterocycles. The fourth-order valence-corrected chi connectivity index (χ4v) is 3.92. The molecule has 0 unspecified atom stereocenters. The van der Waals surface area contributed by atoms with Crippen molar-refractivity contribution in [3.8, 4) is 0 Å². The van der Waals surface area contributed by atoms with Crippen molar-refractivity contribution in [3.63, 3.8) is 0 Å². The standard InChI is InChI=1S/C19H14/c1-4-12-10-11-18-16-7-2-6-14(16)15-8-3-9-17(15)19(18)13(12)5-1/h1-3,5,7,9-11H,4,6,8H2. The Morgan fingerprint density at radius 1 is 0.632 bits per heavy atom. The van der Waals surface area contributed by atoms with Crippen LogP contribution in [0.15, 0.2) is 30.4 Å². The summed E-state index contributed by atoms with van der Waals surface area (Å²) in [6, 6.07) is 4.65. The molecular formula is C19H14. The molecule has 90 valence electrons. The summed E-state index contributed by atoms with van der Waals surface area (Å²) in [5, 5.41) is 2.93. The summed E-state index contributed by atoms with van der Waals surface area (Å²) >= 11 is 0. The number of fused-ring (bicyclic) bond motifs is 8. The molecule has 19 heavy (non-hydrogen) atoms. The van der Waals surface area contributed by atoms with Gasteiger partial charge in [0.05, 0.1) is 0 Å². The lowest BCUT2D eigenvalue weighted by Gasteiger charge is -2.15. The number of hydrogen-bond acceptors (Lipinski definition) is 0. The highest BCUT2D eigenvalue weighted by atomic mass is 14.3. The molecule has 2 aromatic carbocycles. The van der Waals surface area contributed by atoms with Gasteiger partial charge in [-0.25, -0.2) is 0 Å². The number of allylic oxidation sites excluding steroid dienone is 3. The predicted molar refractivity (Wildman–Crippen MR) is 82.2 cm³/mol. The summed E-state index contributed by atoms with van der Waals surface area (Å²) in [4.78, 5) is 0. The van der Waals surface area contributed by atoms with Gasteiger partial charge in [-0.3, -0.25) is 0 Å². The highest BCUT2D eigenvalue weighted by molar-refractivity contribution is 6.06. The van der Waals surface area contributed by atoms with E-state index in [2.05, 4.69) is 48.6 Å². The van der Waals surface area contributed by atoms with E-state index in [9.17, 15) is 0 Å². The molecule has 0 heteroatoms. The second-order valence-electron chi connectivity index (χ2n) is 5.66. The molecule has 0 fully saturated rings. The van der Waals surface area contributed by atoms with Crippen molar-refractivity contribution in [2.45, 2.75) is 19.3 Å². The van der Waals surface area contributed by atoms with E-state index in [0.29, 0.717) is 0 Å². The summed E-state index contributed by atoms with van der Waals surface area (Å²) in [5.41, 5.74) is 9.04. The first kappa shape index (κ1) is 9.80. The van der Waals surface area contributed by atoms with Gasteiger partial charge in [-0.05, 0) is 63.4 Å². The average molecular weight is 242 g/mol. The second kappa shape index (κ2) is 3.27. The smallest absolute Gasteiger partial charge is 0.00271 e. The quantitative estimate of drug-likeness (QED) is 0.636. The van der Waals surface area contributed by atoms with E-state index in [1.54, 1.807) is 11.1 Å². The van der Waals surface area contributed by atoms with Crippen LogP contribution in [0.1, 0.15) is 33.4 Å². The number of benzene rings is 2. The summed E-state index contributed by atoms with van der Waals surface area (Å²) in [7, 11) is 0. The fourth-order valence-electron chi connectivity index (χ4n) is 3.92. The first-order valence-electron chi connectivity index (χ1n) is 7.06. The van der Waals surface area contributed by atoms with E-state index in [0.717, 1.165) is 19.3 Å². The van der Waals surface area contributed by atoms with Crippen LogP contribution in [0.4, 0.5) is 0 Å². The Labute approximate surface area is 112 Å². The van der Waals surface area contributed by atoms with E-state index in [4.69, 9.17) is 0 Å². The first-order chi connectivity index (χ1) is 9.43. The molecule has 0 saturated carbocycles. The third-order valence-corrected chi connectivity index (χ3v) is 4.75. The second-order valence-corrected chi connectivity index (χ2v) is 5.66. The summed E-state index contributed by atoms with van der Waals surface area (Å²) in [6.07, 6.45) is 17.2. The minimum atomic E-state index is 1.09. The van der Waals surface area contributed by atoms with E-state index in [1.807, 2.05) is 0 Å². The van der Waals surface area contributed by atoms with Gasteiger partial charge >= 0.3 is 0 Å². The molecule has 0 bridgehead atoms. The largest absolute Gasteiger partial charge is 0.0795 e. The van der Waals surface area contributed by atoms with Crippen LogP contribution < -0.4 is 0 Å². The molecule has 0 N–H and O–H groups in total. The summed E-state index contributed by atoms with van der Waals surface area (Å²) < 4.78 is 0. The Morgan fingerprint density at radius 3 is 2.21 bits per heavy atom. The van der Waals surface area contributed by atoms with Gasteiger partial charge in [0.2, 0.25) is 0 Å². The van der Waals surface area contributed by atoms with Crippen LogP contribution in [0.5, 0.6) is 0 Å². The molecular weight excluding hydrogens is 228 g/mol. The zero-order valence-electron chi connectivity index (χ0n) is 10.7. The number of hydrogen-bond donors (Lipinski definition) is 0. The van der Waals surface area contributed by atoms with E-state index < -0.39 is 0 Å². The third kappa shape index (κ3) is 1.10. The van der Waals surface area contributed by atoms with Crippen molar-refractivity contribution in [2.24, 2.45) is 0 Å². The molecule has 0 spiro atoms. The van der Waals surface area contributed by atoms with Crippen molar-refractivity contribution >= 4 is 29.0 Å². The molecule has 3 aliphatic rings. The van der Waals surface area contributed by atoms with Crippen molar-refractivity contribution in [3.05, 3.63) is 63.7 Å². The third-order valence-electron chi connectivity index (χ3n) is 4.75. The Balaban J connectivity index is 2.07. The van der Waals surface area contributed by atoms with Crippen molar-refractivity contribution < 1.29 is 0 Å². The van der Waals surface area contributed by atoms with Crippen LogP contribution in [0, 0.1) is 0 Å². The lowest BCUT2D eigenvalue weighted by Crippen LogP contribution is -1.97. The van der Waals surface area contributed by atoms with E-state index in [-0.39, 0.29) is 0 Å². The number of rotatable bonds is 0. The van der Waals surface area contributed by atoms with Crippen molar-refractivity contribution in [1.82, 2.24) is 0 Å². The highest BCUT2D eigenvalue weighted by Crippen LogP contribution is 2.42. The van der Waals surface area contributed by atoms with Crippen molar-refractivity contribution in [2.75, 3.05) is 0 Å². The topological polar surface area (TPSA) is 0 Å². The molecule has 0 aliphatic heterocycles. The van der Waals surface area contributed by atoms with E-state index >= 15 is 0 Å². The van der Waals surface area contributed by atoms with Crippen LogP contribution >= 0.6 is 0 Å². The summed E-state index contributed by atoms with van der Waals surface area (Å²) in [5.74, 6) is 0. The monoisotopic (exact) mass is 242 g/mol. The van der Waals surface area contributed by atoms with Crippen LogP contribution in [-0.2, 0) is 19.3 Å². The Hall–Kier alpha value is -2.08. The maximum absolute atomic E-state index is 2.34. The highest BCUT2D eigenvalue weighted by Gasteiger charge is 2.23. The molecule has 0 amide bonds. The summed E-state index contributed by atoms with van der Waals surface area (Å²) in [6.45, 7) is 0. The minimum absolute atomic E-state index is 1.09. The molecule has 2 aromatic rings. The van der Waals surface area contributed by atoms with Gasteiger partial charge in [0, 0.05) is 0 Å². The van der Waals surface area contributed by atoms with Crippen molar-refractivity contribution in [1.29, 1.82) is 0 Å². The lowest BCUT2D eigenvalue weighted by atomic mass is 9.88. The fraction of sp³-hybridized carbons (Fsp3) is 0.158. The van der Waals surface area contributed by atoms with Gasteiger partial charge in [0.25, 0.3) is 0 Å². The van der Waals surface area contributed by atoms with Gasteiger partial charge in [-0.2, -0.15) is 0 Å². The van der Waals surface area contributed by atoms with Crippen LogP contribution in [0.3, 0.4) is 0 Å². The zero-order valence-corrected chi connectivity index (χ0v) is 10.7. The SMILES string of the molecule is C1=Cc2c(ccc3c4c(c5c(c23)C=CC5)CC=C4)C1. The van der Waals surface area contributed by atoms with Gasteiger partial charge in [-0.15, -0.1) is 0 Å². The molecule has 0 heterocycles. The Morgan fingerprint density at radius 2 is 1.32 bits per heavy atom. The Kier molecular flexibility index (Phi) is 1.69. The zero-order chi connectivity index (χ0) is 12.4. The van der Waals surface area contributed by atoms with Crippen LogP contribution in [-0.4, -0.2) is 0 Å². The average Bonchev–Trinajstić information content (AvgIpc) is 3.17. The minimum Gasteiger partial charge on any atom is -0.0795 e. The lowest BCUT2D eigenvalue weighted by molar-refractivity contribution is 1.19. The van der Waals surface area contributed by atoms with E-state index in [1.165, 1.54) is 33.0 Å². The first-order valence-corrected chi connectivity index (χ1v) is 7.06.